The fourth-order valence-electron chi connectivity index (χ4n) is 3.77. The van der Waals surface area contributed by atoms with Crippen LogP contribution in [0.5, 0.6) is 0 Å². The molecule has 0 saturated carbocycles. The van der Waals surface area contributed by atoms with Gasteiger partial charge in [0.05, 0.1) is 11.3 Å². The van der Waals surface area contributed by atoms with Crippen molar-refractivity contribution in [2.24, 2.45) is 0 Å². The fourth-order valence-corrected chi connectivity index (χ4v) is 3.77. The zero-order valence-electron chi connectivity index (χ0n) is 17.0. The van der Waals surface area contributed by atoms with Crippen LogP contribution in [0.3, 0.4) is 0 Å². The summed E-state index contributed by atoms with van der Waals surface area (Å²) in [5.41, 5.74) is 3.75. The molecule has 1 aliphatic heterocycles. The van der Waals surface area contributed by atoms with Gasteiger partial charge in [0.25, 0.3) is 11.8 Å². The Morgan fingerprint density at radius 3 is 2.03 bits per heavy atom. The zero-order valence-corrected chi connectivity index (χ0v) is 17.0. The number of para-hydroxylation sites is 2. The molecule has 3 aromatic carbocycles. The Hall–Kier alpha value is -3.60. The molecule has 0 aromatic heterocycles. The zero-order chi connectivity index (χ0) is 20.9. The Labute approximate surface area is 176 Å². The third kappa shape index (κ3) is 4.20. The molecule has 1 N–H and O–H groups in total. The van der Waals surface area contributed by atoms with Crippen molar-refractivity contribution in [2.45, 2.75) is 6.92 Å². The number of hydrogen-bond acceptors (Lipinski definition) is 3. The number of anilines is 2. The van der Waals surface area contributed by atoms with Gasteiger partial charge in [-0.2, -0.15) is 0 Å². The number of amides is 2. The van der Waals surface area contributed by atoms with Crippen molar-refractivity contribution in [3.63, 3.8) is 0 Å². The molecule has 0 atom stereocenters. The van der Waals surface area contributed by atoms with Crippen LogP contribution in [-0.2, 0) is 0 Å². The molecule has 0 bridgehead atoms. The lowest BCUT2D eigenvalue weighted by Gasteiger charge is -2.36. The molecule has 0 unspecified atom stereocenters. The molecule has 5 nitrogen and oxygen atoms in total. The Kier molecular flexibility index (Phi) is 5.80. The van der Waals surface area contributed by atoms with E-state index >= 15 is 0 Å². The summed E-state index contributed by atoms with van der Waals surface area (Å²) in [4.78, 5) is 30.1. The van der Waals surface area contributed by atoms with Crippen molar-refractivity contribution in [2.75, 3.05) is 36.4 Å². The fraction of sp³-hybridized carbons (Fsp3) is 0.200. The van der Waals surface area contributed by atoms with Gasteiger partial charge in [-0.1, -0.05) is 48.5 Å². The number of aryl methyl sites for hydroxylation is 1. The van der Waals surface area contributed by atoms with E-state index in [0.717, 1.165) is 18.7 Å². The van der Waals surface area contributed by atoms with Crippen LogP contribution in [0, 0.1) is 6.92 Å². The van der Waals surface area contributed by atoms with E-state index in [0.29, 0.717) is 29.9 Å². The van der Waals surface area contributed by atoms with E-state index in [1.54, 1.807) is 18.2 Å². The lowest BCUT2D eigenvalue weighted by Crippen LogP contribution is -2.48. The molecule has 1 aliphatic rings. The number of piperazine rings is 1. The lowest BCUT2D eigenvalue weighted by atomic mass is 10.1. The molecule has 3 aromatic rings. The van der Waals surface area contributed by atoms with Crippen LogP contribution in [-0.4, -0.2) is 42.9 Å². The summed E-state index contributed by atoms with van der Waals surface area (Å²) >= 11 is 0. The highest BCUT2D eigenvalue weighted by molar-refractivity contribution is 6.09. The Balaban J connectivity index is 1.47. The quantitative estimate of drug-likeness (QED) is 0.715. The number of benzene rings is 3. The van der Waals surface area contributed by atoms with Gasteiger partial charge in [0.2, 0.25) is 0 Å². The van der Waals surface area contributed by atoms with E-state index in [4.69, 9.17) is 0 Å². The Bertz CT molecular complexity index is 1040. The molecule has 1 heterocycles. The number of nitrogens with one attached hydrogen (secondary N) is 1. The van der Waals surface area contributed by atoms with Gasteiger partial charge in [0.1, 0.15) is 0 Å². The molecule has 0 spiro atoms. The van der Waals surface area contributed by atoms with Crippen molar-refractivity contribution in [3.8, 4) is 0 Å². The molecule has 0 radical (unpaired) electrons. The van der Waals surface area contributed by atoms with Crippen LogP contribution >= 0.6 is 0 Å². The van der Waals surface area contributed by atoms with Crippen molar-refractivity contribution < 1.29 is 9.59 Å². The first-order valence-electron chi connectivity index (χ1n) is 10.2. The maximum atomic E-state index is 13.2. The summed E-state index contributed by atoms with van der Waals surface area (Å²) in [5, 5.41) is 2.93. The highest BCUT2D eigenvalue weighted by Crippen LogP contribution is 2.21. The predicted octanol–water partition coefficient (Wildman–Crippen LogP) is 4.21. The average molecular weight is 399 g/mol. The predicted molar refractivity (Wildman–Crippen MR) is 120 cm³/mol. The van der Waals surface area contributed by atoms with Crippen molar-refractivity contribution in [1.82, 2.24) is 4.90 Å². The summed E-state index contributed by atoms with van der Waals surface area (Å²) in [7, 11) is 0. The van der Waals surface area contributed by atoms with E-state index in [1.165, 1.54) is 5.69 Å². The minimum atomic E-state index is -0.206. The molecule has 1 fully saturated rings. The van der Waals surface area contributed by atoms with Crippen LogP contribution in [0.25, 0.3) is 0 Å². The first kappa shape index (κ1) is 19.7. The first-order valence-corrected chi connectivity index (χ1v) is 10.2. The Morgan fingerprint density at radius 1 is 0.733 bits per heavy atom. The van der Waals surface area contributed by atoms with Crippen molar-refractivity contribution in [3.05, 3.63) is 95.6 Å². The number of nitrogens with zero attached hydrogens (tertiary/aromatic N) is 2. The molecular formula is C25H25N3O2. The first-order chi connectivity index (χ1) is 14.6. The van der Waals surface area contributed by atoms with Gasteiger partial charge in [-0.05, 0) is 42.8 Å². The third-order valence-electron chi connectivity index (χ3n) is 5.48. The average Bonchev–Trinajstić information content (AvgIpc) is 2.80. The highest BCUT2D eigenvalue weighted by atomic mass is 16.2. The molecule has 30 heavy (non-hydrogen) atoms. The van der Waals surface area contributed by atoms with Crippen molar-refractivity contribution >= 4 is 23.2 Å². The van der Waals surface area contributed by atoms with Gasteiger partial charge in [0, 0.05) is 37.4 Å². The summed E-state index contributed by atoms with van der Waals surface area (Å²) < 4.78 is 0. The van der Waals surface area contributed by atoms with Crippen LogP contribution < -0.4 is 10.2 Å². The second kappa shape index (κ2) is 8.82. The number of carbonyl (C=O) groups is 2. The van der Waals surface area contributed by atoms with Crippen LogP contribution in [0.2, 0.25) is 0 Å². The topological polar surface area (TPSA) is 52.7 Å². The van der Waals surface area contributed by atoms with Gasteiger partial charge < -0.3 is 15.1 Å². The van der Waals surface area contributed by atoms with Gasteiger partial charge >= 0.3 is 0 Å². The van der Waals surface area contributed by atoms with Crippen LogP contribution in [0.1, 0.15) is 26.3 Å². The number of carbonyl (C=O) groups excluding carboxylic acids is 2. The van der Waals surface area contributed by atoms with Gasteiger partial charge in [-0.25, -0.2) is 0 Å². The molecule has 1 saturated heterocycles. The second-order valence-corrected chi connectivity index (χ2v) is 7.43. The van der Waals surface area contributed by atoms with E-state index < -0.39 is 0 Å². The summed E-state index contributed by atoms with van der Waals surface area (Å²) in [6, 6.07) is 24.9. The minimum absolute atomic E-state index is 0.0524. The van der Waals surface area contributed by atoms with Gasteiger partial charge in [0.15, 0.2) is 0 Å². The van der Waals surface area contributed by atoms with Gasteiger partial charge in [-0.15, -0.1) is 0 Å². The minimum Gasteiger partial charge on any atom is -0.368 e. The maximum Gasteiger partial charge on any atom is 0.256 e. The summed E-state index contributed by atoms with van der Waals surface area (Å²) in [5.74, 6) is -0.259. The highest BCUT2D eigenvalue weighted by Gasteiger charge is 2.24. The normalized spacial score (nSPS) is 13.8. The van der Waals surface area contributed by atoms with Crippen molar-refractivity contribution in [1.29, 1.82) is 0 Å². The molecule has 0 aliphatic carbocycles. The number of rotatable bonds is 4. The molecule has 4 rings (SSSR count). The van der Waals surface area contributed by atoms with Crippen LogP contribution in [0.15, 0.2) is 78.9 Å². The van der Waals surface area contributed by atoms with E-state index in [9.17, 15) is 9.59 Å². The molecule has 5 heteroatoms. The molecule has 2 amide bonds. The smallest absolute Gasteiger partial charge is 0.256 e. The van der Waals surface area contributed by atoms with E-state index in [-0.39, 0.29) is 11.8 Å². The lowest BCUT2D eigenvalue weighted by molar-refractivity contribution is 0.0748. The Morgan fingerprint density at radius 2 is 1.33 bits per heavy atom. The summed E-state index contributed by atoms with van der Waals surface area (Å²) in [6.45, 7) is 4.76. The van der Waals surface area contributed by atoms with E-state index in [2.05, 4.69) is 22.3 Å². The van der Waals surface area contributed by atoms with Crippen LogP contribution in [0.4, 0.5) is 11.4 Å². The summed E-state index contributed by atoms with van der Waals surface area (Å²) in [6.07, 6.45) is 0. The number of hydrogen-bond donors (Lipinski definition) is 1. The second-order valence-electron chi connectivity index (χ2n) is 7.43. The monoisotopic (exact) mass is 399 g/mol. The van der Waals surface area contributed by atoms with Gasteiger partial charge in [-0.3, -0.25) is 9.59 Å². The molecule has 152 valence electrons. The standard InChI is InChI=1S/C25H25N3O2/c1-19-9-5-6-12-21(19)24(29)26-23-14-8-7-13-22(23)25(30)28-17-15-27(16-18-28)20-10-3-2-4-11-20/h2-14H,15-18H2,1H3,(H,26,29). The SMILES string of the molecule is Cc1ccccc1C(=O)Nc1ccccc1C(=O)N1CCN(c2ccccc2)CC1. The third-order valence-corrected chi connectivity index (χ3v) is 5.48. The maximum absolute atomic E-state index is 13.2. The van der Waals surface area contributed by atoms with E-state index in [1.807, 2.05) is 60.4 Å². The molecular weight excluding hydrogens is 374 g/mol. The largest absolute Gasteiger partial charge is 0.368 e.